The minimum atomic E-state index is -0.936. The number of benzene rings is 2. The predicted molar refractivity (Wildman–Crippen MR) is 113 cm³/mol. The Morgan fingerprint density at radius 3 is 2.63 bits per heavy atom. The predicted octanol–water partition coefficient (Wildman–Crippen LogP) is 3.55. The van der Waals surface area contributed by atoms with Crippen molar-refractivity contribution in [1.82, 2.24) is 5.32 Å². The topological polar surface area (TPSA) is 75.7 Å². The lowest BCUT2D eigenvalue weighted by Crippen LogP contribution is -2.39. The van der Waals surface area contributed by atoms with E-state index in [1.165, 1.54) is 5.56 Å². The molecular formula is C24H26N2O4. The molecule has 6 heteroatoms. The second kappa shape index (κ2) is 8.69. The van der Waals surface area contributed by atoms with E-state index in [1.807, 2.05) is 18.2 Å². The highest BCUT2D eigenvalue weighted by Crippen LogP contribution is 2.30. The lowest BCUT2D eigenvalue weighted by Gasteiger charge is -2.27. The quantitative estimate of drug-likeness (QED) is 0.771. The van der Waals surface area contributed by atoms with Crippen LogP contribution in [0.4, 0.5) is 5.69 Å². The monoisotopic (exact) mass is 406 g/mol. The fourth-order valence-corrected chi connectivity index (χ4v) is 4.25. The number of carbonyl (C=O) groups excluding carboxylic acids is 3. The van der Waals surface area contributed by atoms with E-state index < -0.39 is 12.1 Å². The molecule has 0 bridgehead atoms. The highest BCUT2D eigenvalue weighted by molar-refractivity contribution is 6.04. The average molecular weight is 406 g/mol. The maximum atomic E-state index is 12.8. The van der Waals surface area contributed by atoms with Gasteiger partial charge in [0.05, 0.1) is 17.3 Å². The number of hydrogen-bond donors (Lipinski definition) is 1. The van der Waals surface area contributed by atoms with E-state index in [-0.39, 0.29) is 17.9 Å². The number of nitrogens with zero attached hydrogens (tertiary/aromatic N) is 1. The van der Waals surface area contributed by atoms with Gasteiger partial charge in [-0.1, -0.05) is 36.4 Å². The fourth-order valence-electron chi connectivity index (χ4n) is 4.25. The van der Waals surface area contributed by atoms with Crippen molar-refractivity contribution in [2.75, 3.05) is 11.4 Å². The molecule has 1 N–H and O–H groups in total. The molecule has 1 aliphatic carbocycles. The molecule has 2 aromatic carbocycles. The summed E-state index contributed by atoms with van der Waals surface area (Å²) in [6.45, 7) is 2.16. The number of nitrogens with one attached hydrogen (secondary N) is 1. The van der Waals surface area contributed by atoms with Gasteiger partial charge in [-0.15, -0.1) is 0 Å². The Morgan fingerprint density at radius 2 is 1.83 bits per heavy atom. The fraction of sp³-hybridized carbons (Fsp3) is 0.375. The smallest absolute Gasteiger partial charge is 0.341 e. The van der Waals surface area contributed by atoms with Crippen LogP contribution in [0, 0.1) is 0 Å². The molecule has 4 rings (SSSR count). The number of rotatable bonds is 5. The Morgan fingerprint density at radius 1 is 1.07 bits per heavy atom. The second-order valence-electron chi connectivity index (χ2n) is 7.87. The van der Waals surface area contributed by atoms with Crippen LogP contribution in [0.15, 0.2) is 48.5 Å². The van der Waals surface area contributed by atoms with Gasteiger partial charge in [-0.25, -0.2) is 4.79 Å². The van der Waals surface area contributed by atoms with Crippen molar-refractivity contribution >= 4 is 23.5 Å². The van der Waals surface area contributed by atoms with E-state index in [1.54, 1.807) is 36.1 Å². The van der Waals surface area contributed by atoms with Gasteiger partial charge in [0.25, 0.3) is 5.91 Å². The maximum Gasteiger partial charge on any atom is 0.341 e. The third-order valence-corrected chi connectivity index (χ3v) is 5.83. The molecule has 0 saturated carbocycles. The molecule has 1 saturated heterocycles. The summed E-state index contributed by atoms with van der Waals surface area (Å²) in [4.78, 5) is 39.2. The zero-order valence-electron chi connectivity index (χ0n) is 17.1. The van der Waals surface area contributed by atoms with Gasteiger partial charge in [-0.05, 0) is 55.9 Å². The van der Waals surface area contributed by atoms with Gasteiger partial charge in [-0.2, -0.15) is 0 Å². The van der Waals surface area contributed by atoms with Crippen LogP contribution in [0.2, 0.25) is 0 Å². The van der Waals surface area contributed by atoms with E-state index in [4.69, 9.17) is 4.74 Å². The maximum absolute atomic E-state index is 12.8. The number of amides is 2. The Labute approximate surface area is 176 Å². The zero-order chi connectivity index (χ0) is 21.1. The average Bonchev–Trinajstić information content (AvgIpc) is 3.19. The summed E-state index contributed by atoms with van der Waals surface area (Å²) in [6, 6.07) is 14.9. The largest absolute Gasteiger partial charge is 0.449 e. The van der Waals surface area contributed by atoms with Crippen LogP contribution in [0.3, 0.4) is 0 Å². The van der Waals surface area contributed by atoms with Crippen molar-refractivity contribution in [2.45, 2.75) is 51.2 Å². The molecule has 2 amide bonds. The van der Waals surface area contributed by atoms with Crippen molar-refractivity contribution in [2.24, 2.45) is 0 Å². The van der Waals surface area contributed by atoms with E-state index in [0.29, 0.717) is 24.2 Å². The molecule has 1 heterocycles. The SMILES string of the molecule is C[C@H](OC(=O)c1ccccc1N1CCCC1=O)C(=O)N[C@@H]1CCCc2ccccc21. The summed E-state index contributed by atoms with van der Waals surface area (Å²) in [7, 11) is 0. The van der Waals surface area contributed by atoms with Gasteiger partial charge < -0.3 is 15.0 Å². The van der Waals surface area contributed by atoms with Crippen LogP contribution in [0.1, 0.15) is 60.1 Å². The number of fused-ring (bicyclic) bond motifs is 1. The van der Waals surface area contributed by atoms with E-state index in [2.05, 4.69) is 11.4 Å². The van der Waals surface area contributed by atoms with Crippen molar-refractivity contribution < 1.29 is 19.1 Å². The van der Waals surface area contributed by atoms with Crippen molar-refractivity contribution in [1.29, 1.82) is 0 Å². The van der Waals surface area contributed by atoms with Gasteiger partial charge >= 0.3 is 5.97 Å². The van der Waals surface area contributed by atoms with Gasteiger partial charge in [-0.3, -0.25) is 9.59 Å². The first-order valence-corrected chi connectivity index (χ1v) is 10.5. The van der Waals surface area contributed by atoms with Crippen molar-refractivity contribution in [3.63, 3.8) is 0 Å². The lowest BCUT2D eigenvalue weighted by molar-refractivity contribution is -0.130. The summed E-state index contributed by atoms with van der Waals surface area (Å²) in [5, 5.41) is 3.03. The Balaban J connectivity index is 1.43. The normalized spacial score (nSPS) is 19.2. The summed E-state index contributed by atoms with van der Waals surface area (Å²) < 4.78 is 5.47. The number of carbonyl (C=O) groups is 3. The molecule has 156 valence electrons. The van der Waals surface area contributed by atoms with Crippen LogP contribution in [0.5, 0.6) is 0 Å². The van der Waals surface area contributed by atoms with E-state index in [9.17, 15) is 14.4 Å². The first-order chi connectivity index (χ1) is 14.5. The third kappa shape index (κ3) is 4.08. The Hall–Kier alpha value is -3.15. The van der Waals surface area contributed by atoms with E-state index in [0.717, 1.165) is 31.2 Å². The standard InChI is InChI=1S/C24H26N2O4/c1-16(23(28)25-20-12-6-9-17-8-2-3-10-18(17)20)30-24(29)19-11-4-5-13-21(19)26-15-7-14-22(26)27/h2-5,8,10-11,13,16,20H,6-7,9,12,14-15H2,1H3,(H,25,28)/t16-,20+/m0/s1. The molecule has 0 spiro atoms. The molecule has 0 unspecified atom stereocenters. The molecule has 30 heavy (non-hydrogen) atoms. The summed E-state index contributed by atoms with van der Waals surface area (Å²) >= 11 is 0. The molecule has 1 fully saturated rings. The van der Waals surface area contributed by atoms with Gasteiger partial charge in [0.1, 0.15) is 0 Å². The van der Waals surface area contributed by atoms with Crippen LogP contribution in [-0.2, 0) is 20.7 Å². The minimum Gasteiger partial charge on any atom is -0.449 e. The minimum absolute atomic E-state index is 0.00277. The van der Waals surface area contributed by atoms with E-state index >= 15 is 0 Å². The Bertz CT molecular complexity index is 971. The number of aryl methyl sites for hydroxylation is 1. The molecule has 2 atom stereocenters. The molecule has 0 aromatic heterocycles. The number of para-hydroxylation sites is 1. The molecule has 0 radical (unpaired) electrons. The molecule has 2 aliphatic rings. The van der Waals surface area contributed by atoms with Crippen molar-refractivity contribution in [3.05, 3.63) is 65.2 Å². The third-order valence-electron chi connectivity index (χ3n) is 5.83. The molecule has 2 aromatic rings. The summed E-state index contributed by atoms with van der Waals surface area (Å²) in [6.07, 6.45) is 3.19. The number of anilines is 1. The molecule has 6 nitrogen and oxygen atoms in total. The molecule has 1 aliphatic heterocycles. The van der Waals surface area contributed by atoms with Gasteiger partial charge in [0.2, 0.25) is 5.91 Å². The number of ether oxygens (including phenoxy) is 1. The molecular weight excluding hydrogens is 380 g/mol. The number of esters is 1. The van der Waals surface area contributed by atoms with Crippen LogP contribution < -0.4 is 10.2 Å². The van der Waals surface area contributed by atoms with Gasteiger partial charge in [0.15, 0.2) is 6.10 Å². The highest BCUT2D eigenvalue weighted by Gasteiger charge is 2.29. The van der Waals surface area contributed by atoms with Crippen LogP contribution in [0.25, 0.3) is 0 Å². The van der Waals surface area contributed by atoms with Crippen LogP contribution in [-0.4, -0.2) is 30.4 Å². The first-order valence-electron chi connectivity index (χ1n) is 10.5. The lowest BCUT2D eigenvalue weighted by atomic mass is 9.87. The van der Waals surface area contributed by atoms with Crippen LogP contribution >= 0.6 is 0 Å². The summed E-state index contributed by atoms with van der Waals surface area (Å²) in [5.74, 6) is -0.922. The van der Waals surface area contributed by atoms with Gasteiger partial charge in [0, 0.05) is 13.0 Å². The van der Waals surface area contributed by atoms with Crippen molar-refractivity contribution in [3.8, 4) is 0 Å². The zero-order valence-corrected chi connectivity index (χ0v) is 17.1. The number of hydrogen-bond acceptors (Lipinski definition) is 4. The second-order valence-corrected chi connectivity index (χ2v) is 7.87. The summed E-state index contributed by atoms with van der Waals surface area (Å²) in [5.41, 5.74) is 3.23. The first kappa shape index (κ1) is 20.1. The highest BCUT2D eigenvalue weighted by atomic mass is 16.5. The Kier molecular flexibility index (Phi) is 5.84.